The molecular weight excluding hydrogens is 540 g/mol. The number of nitrogens with one attached hydrogen (secondary N) is 1. The van der Waals surface area contributed by atoms with Crippen LogP contribution in [0.3, 0.4) is 0 Å². The number of pyridine rings is 1. The van der Waals surface area contributed by atoms with Gasteiger partial charge in [-0.2, -0.15) is 5.10 Å². The van der Waals surface area contributed by atoms with Gasteiger partial charge < -0.3 is 9.47 Å². The highest BCUT2D eigenvalue weighted by Gasteiger charge is 2.12. The largest absolute Gasteiger partial charge is 0.493 e. The summed E-state index contributed by atoms with van der Waals surface area (Å²) in [7, 11) is 1.56. The first kappa shape index (κ1) is 22.3. The van der Waals surface area contributed by atoms with Crippen molar-refractivity contribution >= 4 is 57.9 Å². The molecule has 0 saturated heterocycles. The van der Waals surface area contributed by atoms with Crippen molar-refractivity contribution in [3.63, 3.8) is 0 Å². The maximum atomic E-state index is 12.1. The number of rotatable bonds is 7. The number of ether oxygens (including phenoxy) is 2. The lowest BCUT2D eigenvalue weighted by atomic mass is 10.2. The zero-order valence-electron chi connectivity index (χ0n) is 15.7. The van der Waals surface area contributed by atoms with Crippen molar-refractivity contribution in [3.05, 3.63) is 85.2 Å². The van der Waals surface area contributed by atoms with Crippen LogP contribution in [-0.2, 0) is 6.61 Å². The van der Waals surface area contributed by atoms with Gasteiger partial charge in [-0.15, -0.1) is 0 Å². The van der Waals surface area contributed by atoms with Gasteiger partial charge in [0.2, 0.25) is 0 Å². The predicted octanol–water partition coefficient (Wildman–Crippen LogP) is 5.34. The van der Waals surface area contributed by atoms with Gasteiger partial charge in [-0.25, -0.2) is 10.4 Å². The summed E-state index contributed by atoms with van der Waals surface area (Å²) in [6, 6.07) is 14.3. The van der Waals surface area contributed by atoms with E-state index >= 15 is 0 Å². The van der Waals surface area contributed by atoms with Crippen molar-refractivity contribution in [1.29, 1.82) is 0 Å². The van der Waals surface area contributed by atoms with Crippen molar-refractivity contribution < 1.29 is 14.3 Å². The quantitative estimate of drug-likeness (QED) is 0.185. The van der Waals surface area contributed by atoms with Crippen molar-refractivity contribution in [1.82, 2.24) is 10.4 Å². The van der Waals surface area contributed by atoms with E-state index in [0.717, 1.165) is 14.7 Å². The van der Waals surface area contributed by atoms with Gasteiger partial charge in [0.25, 0.3) is 5.91 Å². The summed E-state index contributed by atoms with van der Waals surface area (Å²) >= 11 is 14.0. The molecule has 0 fully saturated rings. The first-order chi connectivity index (χ1) is 14.5. The molecule has 30 heavy (non-hydrogen) atoms. The van der Waals surface area contributed by atoms with Crippen LogP contribution in [0.5, 0.6) is 11.5 Å². The minimum absolute atomic E-state index is 0.114. The average Bonchev–Trinajstić information content (AvgIpc) is 2.74. The third kappa shape index (κ3) is 5.84. The fraction of sp³-hybridized carbons (Fsp3) is 0.0952. The van der Waals surface area contributed by atoms with Crippen molar-refractivity contribution in [2.45, 2.75) is 6.61 Å². The highest BCUT2D eigenvalue weighted by molar-refractivity contribution is 14.1. The molecule has 6 nitrogen and oxygen atoms in total. The first-order valence-electron chi connectivity index (χ1n) is 8.66. The number of hydrazone groups is 1. The van der Waals surface area contributed by atoms with Crippen LogP contribution in [0.4, 0.5) is 0 Å². The molecule has 3 rings (SSSR count). The fourth-order valence-corrected chi connectivity index (χ4v) is 3.58. The molecule has 1 amide bonds. The molecule has 3 aromatic rings. The van der Waals surface area contributed by atoms with Gasteiger partial charge >= 0.3 is 0 Å². The maximum absolute atomic E-state index is 12.1. The lowest BCUT2D eigenvalue weighted by Crippen LogP contribution is -2.18. The first-order valence-corrected chi connectivity index (χ1v) is 10.5. The number of carbonyl (C=O) groups is 1. The Morgan fingerprint density at radius 3 is 2.70 bits per heavy atom. The molecule has 0 atom stereocenters. The van der Waals surface area contributed by atoms with E-state index in [1.807, 2.05) is 30.3 Å². The minimum atomic E-state index is -0.450. The second-order valence-corrected chi connectivity index (χ2v) is 7.95. The van der Waals surface area contributed by atoms with Gasteiger partial charge in [0, 0.05) is 11.2 Å². The molecule has 0 bridgehead atoms. The number of amides is 1. The molecule has 0 saturated carbocycles. The Labute approximate surface area is 197 Å². The Balaban J connectivity index is 1.70. The molecule has 0 spiro atoms. The Bertz CT molecular complexity index is 1080. The van der Waals surface area contributed by atoms with E-state index in [4.69, 9.17) is 32.7 Å². The van der Waals surface area contributed by atoms with E-state index in [2.05, 4.69) is 38.1 Å². The molecule has 0 radical (unpaired) electrons. The topological polar surface area (TPSA) is 72.8 Å². The summed E-state index contributed by atoms with van der Waals surface area (Å²) in [6.45, 7) is 0.374. The maximum Gasteiger partial charge on any atom is 0.274 e. The molecule has 1 heterocycles. The zero-order valence-corrected chi connectivity index (χ0v) is 19.4. The van der Waals surface area contributed by atoms with Crippen LogP contribution in [0.1, 0.15) is 21.5 Å². The SMILES string of the molecule is COc1cc(C=NNC(=O)c2cccnc2Cl)cc(I)c1OCc1ccc(Cl)cc1. The van der Waals surface area contributed by atoms with Crippen molar-refractivity contribution in [2.24, 2.45) is 5.10 Å². The Morgan fingerprint density at radius 1 is 1.23 bits per heavy atom. The van der Waals surface area contributed by atoms with Gasteiger partial charge in [-0.1, -0.05) is 35.3 Å². The smallest absolute Gasteiger partial charge is 0.274 e. The molecule has 2 aromatic carbocycles. The van der Waals surface area contributed by atoms with E-state index in [1.54, 1.807) is 25.3 Å². The summed E-state index contributed by atoms with van der Waals surface area (Å²) in [5.74, 6) is 0.726. The number of halogens is 3. The van der Waals surface area contributed by atoms with Gasteiger partial charge in [0.05, 0.1) is 22.5 Å². The van der Waals surface area contributed by atoms with Crippen LogP contribution in [-0.4, -0.2) is 24.2 Å². The van der Waals surface area contributed by atoms with E-state index in [9.17, 15) is 4.79 Å². The van der Waals surface area contributed by atoms with E-state index in [1.165, 1.54) is 12.4 Å². The van der Waals surface area contributed by atoms with Crippen LogP contribution in [0.25, 0.3) is 0 Å². The molecule has 0 aliphatic heterocycles. The number of methoxy groups -OCH3 is 1. The van der Waals surface area contributed by atoms with Crippen molar-refractivity contribution in [3.8, 4) is 11.5 Å². The van der Waals surface area contributed by atoms with Crippen LogP contribution in [0.15, 0.2) is 59.8 Å². The van der Waals surface area contributed by atoms with Crippen LogP contribution < -0.4 is 14.9 Å². The zero-order chi connectivity index (χ0) is 21.5. The number of carbonyl (C=O) groups excluding carboxylic acids is 1. The molecule has 0 aliphatic carbocycles. The number of hydrogen-bond acceptors (Lipinski definition) is 5. The highest BCUT2D eigenvalue weighted by atomic mass is 127. The Morgan fingerprint density at radius 2 is 2.00 bits per heavy atom. The number of aromatic nitrogens is 1. The Hall–Kier alpha value is -2.36. The molecule has 0 unspecified atom stereocenters. The standard InChI is InChI=1S/C21H16Cl2IN3O3/c1-29-18-10-14(11-26-27-21(28)16-3-2-8-25-20(16)23)9-17(24)19(18)30-12-13-4-6-15(22)7-5-13/h2-11H,12H2,1H3,(H,27,28). The van der Waals surface area contributed by atoms with Crippen LogP contribution in [0, 0.1) is 3.57 Å². The molecule has 0 aliphatic rings. The normalized spacial score (nSPS) is 10.8. The number of nitrogens with zero attached hydrogens (tertiary/aromatic N) is 2. The lowest BCUT2D eigenvalue weighted by Gasteiger charge is -2.13. The number of hydrogen-bond donors (Lipinski definition) is 1. The summed E-state index contributed by atoms with van der Waals surface area (Å²) in [6.07, 6.45) is 3.02. The summed E-state index contributed by atoms with van der Waals surface area (Å²) in [4.78, 5) is 16.0. The molecular formula is C21H16Cl2IN3O3. The lowest BCUT2D eigenvalue weighted by molar-refractivity contribution is 0.0955. The minimum Gasteiger partial charge on any atom is -0.493 e. The predicted molar refractivity (Wildman–Crippen MR) is 126 cm³/mol. The van der Waals surface area contributed by atoms with Crippen LogP contribution in [0.2, 0.25) is 10.2 Å². The Kier molecular flexibility index (Phi) is 7.89. The van der Waals surface area contributed by atoms with Crippen LogP contribution >= 0.6 is 45.8 Å². The summed E-state index contributed by atoms with van der Waals surface area (Å²) in [5, 5.41) is 4.77. The van der Waals surface area contributed by atoms with Crippen molar-refractivity contribution in [2.75, 3.05) is 7.11 Å². The third-order valence-electron chi connectivity index (χ3n) is 3.93. The fourth-order valence-electron chi connectivity index (χ4n) is 2.47. The van der Waals surface area contributed by atoms with E-state index in [0.29, 0.717) is 23.1 Å². The van der Waals surface area contributed by atoms with Gasteiger partial charge in [-0.3, -0.25) is 4.79 Å². The average molecular weight is 556 g/mol. The second kappa shape index (κ2) is 10.6. The summed E-state index contributed by atoms with van der Waals surface area (Å²) in [5.41, 5.74) is 4.39. The molecule has 1 N–H and O–H groups in total. The molecule has 9 heteroatoms. The van der Waals surface area contributed by atoms with Gasteiger partial charge in [0.15, 0.2) is 11.5 Å². The highest BCUT2D eigenvalue weighted by Crippen LogP contribution is 2.34. The molecule has 154 valence electrons. The van der Waals surface area contributed by atoms with Gasteiger partial charge in [0.1, 0.15) is 11.8 Å². The van der Waals surface area contributed by atoms with E-state index in [-0.39, 0.29) is 10.7 Å². The number of benzene rings is 2. The van der Waals surface area contributed by atoms with Gasteiger partial charge in [-0.05, 0) is 70.1 Å². The monoisotopic (exact) mass is 555 g/mol. The third-order valence-corrected chi connectivity index (χ3v) is 5.29. The van der Waals surface area contributed by atoms with E-state index < -0.39 is 5.91 Å². The second-order valence-electron chi connectivity index (χ2n) is 5.99. The molecule has 1 aromatic heterocycles. The summed E-state index contributed by atoms with van der Waals surface area (Å²) < 4.78 is 12.2.